The van der Waals surface area contributed by atoms with Crippen LogP contribution >= 0.6 is 11.8 Å². The SMILES string of the molecule is CCCCC=C(SC)C(=O)O. The molecule has 0 amide bonds. The fourth-order valence-corrected chi connectivity index (χ4v) is 1.15. The molecule has 0 saturated heterocycles. The van der Waals surface area contributed by atoms with E-state index < -0.39 is 5.97 Å². The van der Waals surface area contributed by atoms with Crippen LogP contribution in [0.1, 0.15) is 26.2 Å². The highest BCUT2D eigenvalue weighted by Gasteiger charge is 2.02. The lowest BCUT2D eigenvalue weighted by Crippen LogP contribution is -1.95. The van der Waals surface area contributed by atoms with Gasteiger partial charge in [0.05, 0.1) is 4.91 Å². The number of rotatable bonds is 5. The Morgan fingerprint density at radius 3 is 2.64 bits per heavy atom. The third-order valence-corrected chi connectivity index (χ3v) is 2.10. The Kier molecular flexibility index (Phi) is 6.03. The van der Waals surface area contributed by atoms with E-state index in [1.54, 1.807) is 12.3 Å². The molecule has 0 aliphatic heterocycles. The molecule has 0 bridgehead atoms. The van der Waals surface area contributed by atoms with Gasteiger partial charge in [0, 0.05) is 0 Å². The molecule has 3 heteroatoms. The van der Waals surface area contributed by atoms with Crippen LogP contribution in [0.3, 0.4) is 0 Å². The van der Waals surface area contributed by atoms with Crippen molar-refractivity contribution < 1.29 is 9.90 Å². The minimum Gasteiger partial charge on any atom is -0.477 e. The molecule has 64 valence electrons. The fourth-order valence-electron chi connectivity index (χ4n) is 0.695. The lowest BCUT2D eigenvalue weighted by Gasteiger charge is -1.95. The van der Waals surface area contributed by atoms with Crippen molar-refractivity contribution in [2.75, 3.05) is 6.26 Å². The van der Waals surface area contributed by atoms with Crippen LogP contribution in [0.15, 0.2) is 11.0 Å². The van der Waals surface area contributed by atoms with Gasteiger partial charge in [-0.2, -0.15) is 0 Å². The summed E-state index contributed by atoms with van der Waals surface area (Å²) in [5.74, 6) is -0.811. The first kappa shape index (κ1) is 10.6. The summed E-state index contributed by atoms with van der Waals surface area (Å²) in [5, 5.41) is 8.58. The predicted octanol–water partition coefficient (Wildman–Crippen LogP) is 2.51. The molecule has 0 spiro atoms. The average Bonchev–Trinajstić information content (AvgIpc) is 1.97. The summed E-state index contributed by atoms with van der Waals surface area (Å²) in [7, 11) is 0. The van der Waals surface area contributed by atoms with E-state index in [0.29, 0.717) is 4.91 Å². The van der Waals surface area contributed by atoms with E-state index in [9.17, 15) is 4.79 Å². The summed E-state index contributed by atoms with van der Waals surface area (Å²) in [6, 6.07) is 0. The summed E-state index contributed by atoms with van der Waals surface area (Å²) < 4.78 is 0. The van der Waals surface area contributed by atoms with Gasteiger partial charge in [0.1, 0.15) is 0 Å². The molecule has 2 nitrogen and oxygen atoms in total. The molecule has 0 saturated carbocycles. The number of carboxylic acids is 1. The van der Waals surface area contributed by atoms with Gasteiger partial charge >= 0.3 is 5.97 Å². The monoisotopic (exact) mass is 174 g/mol. The molecule has 0 unspecified atom stereocenters. The van der Waals surface area contributed by atoms with Crippen LogP contribution in [0.4, 0.5) is 0 Å². The Morgan fingerprint density at radius 2 is 2.27 bits per heavy atom. The first-order chi connectivity index (χ1) is 5.22. The number of aliphatic carboxylic acids is 1. The second-order valence-electron chi connectivity index (χ2n) is 2.22. The smallest absolute Gasteiger partial charge is 0.341 e. The maximum atomic E-state index is 10.4. The third-order valence-electron chi connectivity index (χ3n) is 1.32. The molecule has 0 radical (unpaired) electrons. The van der Waals surface area contributed by atoms with Crippen LogP contribution in [0.5, 0.6) is 0 Å². The summed E-state index contributed by atoms with van der Waals surface area (Å²) in [4.78, 5) is 10.9. The van der Waals surface area contributed by atoms with Crippen LogP contribution in [0, 0.1) is 0 Å². The van der Waals surface area contributed by atoms with Gasteiger partial charge in [0.15, 0.2) is 0 Å². The number of thioether (sulfide) groups is 1. The molecular formula is C8H14O2S. The Balaban J connectivity index is 3.81. The van der Waals surface area contributed by atoms with E-state index in [1.807, 2.05) is 0 Å². The van der Waals surface area contributed by atoms with Crippen molar-refractivity contribution in [2.45, 2.75) is 26.2 Å². The van der Waals surface area contributed by atoms with Crippen LogP contribution in [0.2, 0.25) is 0 Å². The molecule has 0 fully saturated rings. The van der Waals surface area contributed by atoms with E-state index in [0.717, 1.165) is 19.3 Å². The van der Waals surface area contributed by atoms with Crippen LogP contribution in [0.25, 0.3) is 0 Å². The van der Waals surface area contributed by atoms with E-state index in [-0.39, 0.29) is 0 Å². The van der Waals surface area contributed by atoms with Gasteiger partial charge in [-0.25, -0.2) is 4.79 Å². The zero-order valence-corrected chi connectivity index (χ0v) is 7.78. The normalized spacial score (nSPS) is 11.6. The van der Waals surface area contributed by atoms with E-state index in [4.69, 9.17) is 5.11 Å². The minimum atomic E-state index is -0.811. The quantitative estimate of drug-likeness (QED) is 0.514. The van der Waals surface area contributed by atoms with Crippen molar-refractivity contribution in [1.82, 2.24) is 0 Å². The van der Waals surface area contributed by atoms with E-state index >= 15 is 0 Å². The molecule has 0 aromatic rings. The Hall–Kier alpha value is -0.440. The summed E-state index contributed by atoms with van der Waals surface area (Å²) in [6.07, 6.45) is 6.62. The number of carboxylic acid groups (broad SMARTS) is 1. The summed E-state index contributed by atoms with van der Waals surface area (Å²) in [5.41, 5.74) is 0. The Morgan fingerprint density at radius 1 is 1.64 bits per heavy atom. The van der Waals surface area contributed by atoms with Gasteiger partial charge in [-0.3, -0.25) is 0 Å². The van der Waals surface area contributed by atoms with Crippen LogP contribution in [-0.4, -0.2) is 17.3 Å². The molecule has 1 N–H and O–H groups in total. The van der Waals surface area contributed by atoms with Crippen molar-refractivity contribution >= 4 is 17.7 Å². The molecule has 0 aromatic carbocycles. The summed E-state index contributed by atoms with van der Waals surface area (Å²) in [6.45, 7) is 2.09. The van der Waals surface area contributed by atoms with Crippen molar-refractivity contribution in [3.63, 3.8) is 0 Å². The zero-order chi connectivity index (χ0) is 8.69. The second-order valence-corrected chi connectivity index (χ2v) is 3.07. The van der Waals surface area contributed by atoms with Gasteiger partial charge in [0.25, 0.3) is 0 Å². The first-order valence-electron chi connectivity index (χ1n) is 3.69. The van der Waals surface area contributed by atoms with Gasteiger partial charge in [0.2, 0.25) is 0 Å². The predicted molar refractivity (Wildman–Crippen MR) is 48.8 cm³/mol. The fraction of sp³-hybridized carbons (Fsp3) is 0.625. The Bertz CT molecular complexity index is 152. The number of hydrogen-bond acceptors (Lipinski definition) is 2. The van der Waals surface area contributed by atoms with Gasteiger partial charge in [-0.15, -0.1) is 11.8 Å². The molecule has 11 heavy (non-hydrogen) atoms. The van der Waals surface area contributed by atoms with Gasteiger partial charge in [-0.05, 0) is 12.7 Å². The highest BCUT2D eigenvalue weighted by Crippen LogP contribution is 2.13. The second kappa shape index (κ2) is 6.28. The molecular weight excluding hydrogens is 160 g/mol. The standard InChI is InChI=1S/C8H14O2S/c1-3-4-5-6-7(11-2)8(9)10/h6H,3-5H2,1-2H3,(H,9,10). The Labute approximate surface area is 71.7 Å². The number of unbranched alkanes of at least 4 members (excludes halogenated alkanes) is 2. The van der Waals surface area contributed by atoms with Crippen LogP contribution in [-0.2, 0) is 4.79 Å². The van der Waals surface area contributed by atoms with Crippen molar-refractivity contribution in [3.8, 4) is 0 Å². The zero-order valence-electron chi connectivity index (χ0n) is 6.96. The number of carbonyl (C=O) groups is 1. The molecule has 0 atom stereocenters. The lowest BCUT2D eigenvalue weighted by atomic mass is 10.2. The van der Waals surface area contributed by atoms with Crippen molar-refractivity contribution in [3.05, 3.63) is 11.0 Å². The molecule has 0 aromatic heterocycles. The minimum absolute atomic E-state index is 0.457. The van der Waals surface area contributed by atoms with Crippen molar-refractivity contribution in [1.29, 1.82) is 0 Å². The topological polar surface area (TPSA) is 37.3 Å². The number of allylic oxidation sites excluding steroid dienone is 1. The highest BCUT2D eigenvalue weighted by atomic mass is 32.2. The maximum absolute atomic E-state index is 10.4. The molecule has 0 heterocycles. The van der Waals surface area contributed by atoms with E-state index in [1.165, 1.54) is 11.8 Å². The molecule has 0 aliphatic carbocycles. The third kappa shape index (κ3) is 4.90. The first-order valence-corrected chi connectivity index (χ1v) is 4.92. The van der Waals surface area contributed by atoms with Gasteiger partial charge in [-0.1, -0.05) is 25.8 Å². The largest absolute Gasteiger partial charge is 0.477 e. The lowest BCUT2D eigenvalue weighted by molar-refractivity contribution is -0.131. The summed E-state index contributed by atoms with van der Waals surface area (Å²) >= 11 is 1.29. The number of hydrogen-bond donors (Lipinski definition) is 1. The molecule has 0 aliphatic rings. The van der Waals surface area contributed by atoms with E-state index in [2.05, 4.69) is 6.92 Å². The average molecular weight is 174 g/mol. The van der Waals surface area contributed by atoms with Gasteiger partial charge < -0.3 is 5.11 Å². The van der Waals surface area contributed by atoms with Crippen LogP contribution < -0.4 is 0 Å². The highest BCUT2D eigenvalue weighted by molar-refractivity contribution is 8.03. The van der Waals surface area contributed by atoms with Crippen molar-refractivity contribution in [2.24, 2.45) is 0 Å². The maximum Gasteiger partial charge on any atom is 0.341 e. The molecule has 0 rings (SSSR count).